The van der Waals surface area contributed by atoms with Crippen LogP contribution in [0.15, 0.2) is 48.5 Å². The largest absolute Gasteiger partial charge is 0.352 e. The summed E-state index contributed by atoms with van der Waals surface area (Å²) in [6, 6.07) is 11.7. The zero-order chi connectivity index (χ0) is 26.3. The van der Waals surface area contributed by atoms with E-state index in [1.165, 1.54) is 29.2 Å². The Morgan fingerprint density at radius 1 is 0.971 bits per heavy atom. The van der Waals surface area contributed by atoms with Crippen molar-refractivity contribution < 1.29 is 22.4 Å². The molecule has 0 saturated heterocycles. The number of halogens is 1. The smallest absolute Gasteiger partial charge is 0.244 e. The molecule has 0 fully saturated rings. The van der Waals surface area contributed by atoms with Crippen LogP contribution in [0.4, 0.5) is 10.1 Å². The van der Waals surface area contributed by atoms with Crippen LogP contribution in [0.25, 0.3) is 0 Å². The van der Waals surface area contributed by atoms with Crippen molar-refractivity contribution in [2.45, 2.75) is 65.6 Å². The second-order valence-electron chi connectivity index (χ2n) is 9.16. The second-order valence-corrected chi connectivity index (χ2v) is 11.1. The van der Waals surface area contributed by atoms with Gasteiger partial charge < -0.3 is 10.2 Å². The van der Waals surface area contributed by atoms with Crippen LogP contribution >= 0.6 is 0 Å². The molecule has 2 aromatic rings. The van der Waals surface area contributed by atoms with Gasteiger partial charge in [-0.25, -0.2) is 12.8 Å². The molecule has 0 saturated carbocycles. The Morgan fingerprint density at radius 3 is 2.03 bits per heavy atom. The van der Waals surface area contributed by atoms with Crippen molar-refractivity contribution in [3.05, 3.63) is 65.5 Å². The second kappa shape index (κ2) is 12.2. The zero-order valence-corrected chi connectivity index (χ0v) is 22.1. The Morgan fingerprint density at radius 2 is 1.54 bits per heavy atom. The number of nitrogens with one attached hydrogen (secondary N) is 1. The Labute approximate surface area is 208 Å². The molecule has 0 heterocycles. The van der Waals surface area contributed by atoms with Crippen LogP contribution in [0.3, 0.4) is 0 Å². The van der Waals surface area contributed by atoms with Gasteiger partial charge in [-0.15, -0.1) is 0 Å². The van der Waals surface area contributed by atoms with E-state index in [2.05, 4.69) is 5.32 Å². The van der Waals surface area contributed by atoms with E-state index in [9.17, 15) is 22.4 Å². The number of benzene rings is 2. The van der Waals surface area contributed by atoms with Gasteiger partial charge in [-0.05, 0) is 61.6 Å². The highest BCUT2D eigenvalue weighted by Gasteiger charge is 2.30. The number of hydrogen-bond donors (Lipinski definition) is 1. The lowest BCUT2D eigenvalue weighted by molar-refractivity contribution is -0.139. The number of hydrogen-bond acceptors (Lipinski definition) is 4. The monoisotopic (exact) mass is 505 g/mol. The Hall–Kier alpha value is -2.94. The lowest BCUT2D eigenvalue weighted by Crippen LogP contribution is -2.52. The van der Waals surface area contributed by atoms with Gasteiger partial charge in [0.1, 0.15) is 18.4 Å². The van der Waals surface area contributed by atoms with E-state index < -0.39 is 34.3 Å². The van der Waals surface area contributed by atoms with Crippen molar-refractivity contribution in [3.63, 3.8) is 0 Å². The highest BCUT2D eigenvalue weighted by Crippen LogP contribution is 2.23. The third kappa shape index (κ3) is 8.06. The highest BCUT2D eigenvalue weighted by atomic mass is 32.2. The molecule has 0 aromatic heterocycles. The van der Waals surface area contributed by atoms with Crippen LogP contribution in [-0.4, -0.2) is 50.0 Å². The summed E-state index contributed by atoms with van der Waals surface area (Å²) in [4.78, 5) is 27.7. The maximum Gasteiger partial charge on any atom is 0.244 e. The van der Waals surface area contributed by atoms with Gasteiger partial charge in [0.2, 0.25) is 21.8 Å². The molecule has 0 bridgehead atoms. The maximum absolute atomic E-state index is 13.5. The average molecular weight is 506 g/mol. The van der Waals surface area contributed by atoms with Crippen molar-refractivity contribution in [2.75, 3.05) is 17.1 Å². The van der Waals surface area contributed by atoms with Crippen LogP contribution in [0.2, 0.25) is 0 Å². The molecule has 0 aliphatic carbocycles. The number of sulfonamides is 1. The molecule has 7 nitrogen and oxygen atoms in total. The van der Waals surface area contributed by atoms with Gasteiger partial charge in [-0.2, -0.15) is 0 Å². The predicted octanol–water partition coefficient (Wildman–Crippen LogP) is 4.05. The van der Waals surface area contributed by atoms with E-state index >= 15 is 0 Å². The van der Waals surface area contributed by atoms with Gasteiger partial charge >= 0.3 is 0 Å². The molecule has 0 aliphatic heterocycles. The van der Waals surface area contributed by atoms with Gasteiger partial charge in [0.15, 0.2) is 0 Å². The fraction of sp³-hybridized carbons (Fsp3) is 0.462. The van der Waals surface area contributed by atoms with Crippen LogP contribution in [0, 0.1) is 5.82 Å². The minimum absolute atomic E-state index is 0.0259. The van der Waals surface area contributed by atoms with Crippen molar-refractivity contribution in [1.82, 2.24) is 10.2 Å². The normalized spacial score (nSPS) is 13.3. The van der Waals surface area contributed by atoms with Crippen LogP contribution < -0.4 is 9.62 Å². The minimum Gasteiger partial charge on any atom is -0.352 e. The van der Waals surface area contributed by atoms with Gasteiger partial charge in [0, 0.05) is 12.6 Å². The standard InChI is InChI=1S/C26H36FN3O4S/c1-7-19(4)28-26(32)20(5)29(16-21-8-12-23(27)13-9-21)25(31)17-30(35(6,33)34)24-14-10-22(11-15-24)18(2)3/h8-15,18-20H,7,16-17H2,1-6H3,(H,28,32). The highest BCUT2D eigenvalue weighted by molar-refractivity contribution is 7.92. The molecule has 0 spiro atoms. The third-order valence-electron chi connectivity index (χ3n) is 5.96. The average Bonchev–Trinajstić information content (AvgIpc) is 2.80. The Balaban J connectivity index is 2.37. The Bertz CT molecular complexity index is 1100. The molecular formula is C26H36FN3O4S. The number of amides is 2. The number of carbonyl (C=O) groups excluding carboxylic acids is 2. The number of rotatable bonds is 11. The first-order chi connectivity index (χ1) is 16.3. The molecule has 2 amide bonds. The van der Waals surface area contributed by atoms with Crippen LogP contribution in [0.5, 0.6) is 0 Å². The number of nitrogens with zero attached hydrogens (tertiary/aromatic N) is 2. The lowest BCUT2D eigenvalue weighted by atomic mass is 10.0. The van der Waals surface area contributed by atoms with Gasteiger partial charge in [-0.1, -0.05) is 45.0 Å². The summed E-state index contributed by atoms with van der Waals surface area (Å²) in [5, 5.41) is 2.87. The van der Waals surface area contributed by atoms with E-state index in [0.717, 1.165) is 22.5 Å². The van der Waals surface area contributed by atoms with Crippen molar-refractivity contribution in [3.8, 4) is 0 Å². The van der Waals surface area contributed by atoms with Gasteiger partial charge in [-0.3, -0.25) is 13.9 Å². The third-order valence-corrected chi connectivity index (χ3v) is 7.10. The summed E-state index contributed by atoms with van der Waals surface area (Å²) in [6.45, 7) is 9.02. The van der Waals surface area contributed by atoms with Crippen LogP contribution in [0.1, 0.15) is 58.1 Å². The molecule has 192 valence electrons. The summed E-state index contributed by atoms with van der Waals surface area (Å²) < 4.78 is 39.7. The summed E-state index contributed by atoms with van der Waals surface area (Å²) in [6.07, 6.45) is 1.76. The van der Waals surface area contributed by atoms with Crippen molar-refractivity contribution in [2.24, 2.45) is 0 Å². The first-order valence-electron chi connectivity index (χ1n) is 11.7. The SMILES string of the molecule is CCC(C)NC(=O)C(C)N(Cc1ccc(F)cc1)C(=O)CN(c1ccc(C(C)C)cc1)S(C)(=O)=O. The quantitative estimate of drug-likeness (QED) is 0.499. The predicted molar refractivity (Wildman–Crippen MR) is 137 cm³/mol. The van der Waals surface area contributed by atoms with Crippen LogP contribution in [-0.2, 0) is 26.2 Å². The first-order valence-corrected chi connectivity index (χ1v) is 13.6. The molecule has 35 heavy (non-hydrogen) atoms. The summed E-state index contributed by atoms with van der Waals surface area (Å²) in [5.41, 5.74) is 2.03. The number of anilines is 1. The topological polar surface area (TPSA) is 86.8 Å². The summed E-state index contributed by atoms with van der Waals surface area (Å²) in [7, 11) is -3.79. The molecule has 2 atom stereocenters. The van der Waals surface area contributed by atoms with E-state index in [1.807, 2.05) is 39.8 Å². The van der Waals surface area contributed by atoms with Crippen molar-refractivity contribution >= 4 is 27.5 Å². The van der Waals surface area contributed by atoms with Gasteiger partial charge in [0.25, 0.3) is 0 Å². The molecule has 2 unspecified atom stereocenters. The molecule has 0 aliphatic rings. The van der Waals surface area contributed by atoms with E-state index in [4.69, 9.17) is 0 Å². The van der Waals surface area contributed by atoms with E-state index in [1.54, 1.807) is 19.1 Å². The molecule has 9 heteroatoms. The fourth-order valence-electron chi connectivity index (χ4n) is 3.47. The van der Waals surface area contributed by atoms with Crippen molar-refractivity contribution in [1.29, 1.82) is 0 Å². The summed E-state index contributed by atoms with van der Waals surface area (Å²) in [5.74, 6) is -1.03. The first kappa shape index (κ1) is 28.3. The van der Waals surface area contributed by atoms with Gasteiger partial charge in [0.05, 0.1) is 11.9 Å². The number of carbonyl (C=O) groups is 2. The van der Waals surface area contributed by atoms with E-state index in [0.29, 0.717) is 11.3 Å². The fourth-order valence-corrected chi connectivity index (χ4v) is 4.32. The molecule has 0 radical (unpaired) electrons. The molecule has 2 aromatic carbocycles. The summed E-state index contributed by atoms with van der Waals surface area (Å²) >= 11 is 0. The lowest BCUT2D eigenvalue weighted by Gasteiger charge is -2.32. The molecular weight excluding hydrogens is 469 g/mol. The minimum atomic E-state index is -3.79. The molecule has 1 N–H and O–H groups in total. The Kier molecular flexibility index (Phi) is 9.82. The zero-order valence-electron chi connectivity index (χ0n) is 21.3. The maximum atomic E-state index is 13.5. The van der Waals surface area contributed by atoms with E-state index in [-0.39, 0.29) is 24.4 Å². The molecule has 2 rings (SSSR count).